The summed E-state index contributed by atoms with van der Waals surface area (Å²) in [5, 5.41) is 4.56. The van der Waals surface area contributed by atoms with Gasteiger partial charge in [-0.3, -0.25) is 9.59 Å². The Morgan fingerprint density at radius 1 is 1.14 bits per heavy atom. The van der Waals surface area contributed by atoms with Gasteiger partial charge < -0.3 is 24.4 Å². The van der Waals surface area contributed by atoms with Gasteiger partial charge in [-0.15, -0.1) is 11.3 Å². The molecule has 1 aliphatic heterocycles. The highest BCUT2D eigenvalue weighted by Gasteiger charge is 2.35. The molecule has 0 saturated carbocycles. The lowest BCUT2D eigenvalue weighted by molar-refractivity contribution is -0.117. The molecule has 4 rings (SSSR count). The number of rotatable bonds is 10. The van der Waals surface area contributed by atoms with E-state index in [-0.39, 0.29) is 35.7 Å². The van der Waals surface area contributed by atoms with E-state index in [1.54, 1.807) is 37.1 Å². The molecule has 1 aliphatic rings. The number of anilines is 1. The van der Waals surface area contributed by atoms with Crippen molar-refractivity contribution in [2.24, 2.45) is 0 Å². The number of hydrogen-bond donors (Lipinski definition) is 1. The third kappa shape index (κ3) is 5.33. The van der Waals surface area contributed by atoms with E-state index in [1.807, 2.05) is 31.2 Å². The SMILES string of the molecule is CCOC(=O)c1csc(NC(=O)CC(c2ccc(OCC)c(OC)c2)N2Cc3ccccc3C2=O)n1. The Balaban J connectivity index is 1.60. The molecular formula is C26H27N3O6S. The number of nitrogens with zero attached hydrogens (tertiary/aromatic N) is 2. The molecule has 0 spiro atoms. The number of ether oxygens (including phenoxy) is 3. The van der Waals surface area contributed by atoms with E-state index in [4.69, 9.17) is 14.2 Å². The van der Waals surface area contributed by atoms with Crippen LogP contribution in [0.25, 0.3) is 0 Å². The van der Waals surface area contributed by atoms with Crippen molar-refractivity contribution in [3.05, 3.63) is 70.2 Å². The van der Waals surface area contributed by atoms with Gasteiger partial charge >= 0.3 is 5.97 Å². The lowest BCUT2D eigenvalue weighted by Crippen LogP contribution is -2.32. The van der Waals surface area contributed by atoms with Gasteiger partial charge in [0.05, 0.1) is 32.8 Å². The zero-order valence-corrected chi connectivity index (χ0v) is 21.1. The Hall–Kier alpha value is -3.92. The van der Waals surface area contributed by atoms with E-state index in [0.717, 1.165) is 22.5 Å². The van der Waals surface area contributed by atoms with Crippen LogP contribution in [0.15, 0.2) is 47.8 Å². The quantitative estimate of drug-likeness (QED) is 0.402. The lowest BCUT2D eigenvalue weighted by Gasteiger charge is -2.28. The number of hydrogen-bond acceptors (Lipinski definition) is 8. The molecular weight excluding hydrogens is 482 g/mol. The largest absolute Gasteiger partial charge is 0.493 e. The number of methoxy groups -OCH3 is 1. The number of benzene rings is 2. The van der Waals surface area contributed by atoms with Gasteiger partial charge in [0.25, 0.3) is 5.91 Å². The zero-order valence-electron chi connectivity index (χ0n) is 20.3. The third-order valence-corrected chi connectivity index (χ3v) is 6.47. The van der Waals surface area contributed by atoms with E-state index < -0.39 is 12.0 Å². The molecule has 0 bridgehead atoms. The topological polar surface area (TPSA) is 107 Å². The number of fused-ring (bicyclic) bond motifs is 1. The average Bonchev–Trinajstić information content (AvgIpc) is 3.48. The highest BCUT2D eigenvalue weighted by atomic mass is 32.1. The summed E-state index contributed by atoms with van der Waals surface area (Å²) in [6.45, 7) is 4.68. The van der Waals surface area contributed by atoms with Crippen LogP contribution in [0.3, 0.4) is 0 Å². The molecule has 1 aromatic heterocycles. The molecule has 9 nitrogen and oxygen atoms in total. The highest BCUT2D eigenvalue weighted by molar-refractivity contribution is 7.14. The molecule has 188 valence electrons. The maximum Gasteiger partial charge on any atom is 0.357 e. The van der Waals surface area contributed by atoms with Crippen molar-refractivity contribution in [3.8, 4) is 11.5 Å². The monoisotopic (exact) mass is 509 g/mol. The molecule has 0 saturated heterocycles. The highest BCUT2D eigenvalue weighted by Crippen LogP contribution is 2.37. The van der Waals surface area contributed by atoms with Crippen LogP contribution in [0.2, 0.25) is 0 Å². The first-order valence-corrected chi connectivity index (χ1v) is 12.4. The predicted molar refractivity (Wildman–Crippen MR) is 135 cm³/mol. The summed E-state index contributed by atoms with van der Waals surface area (Å²) >= 11 is 1.13. The number of nitrogens with one attached hydrogen (secondary N) is 1. The van der Waals surface area contributed by atoms with Gasteiger partial charge in [0.2, 0.25) is 5.91 Å². The van der Waals surface area contributed by atoms with Gasteiger partial charge in [0.15, 0.2) is 22.3 Å². The molecule has 2 heterocycles. The molecule has 2 amide bonds. The summed E-state index contributed by atoms with van der Waals surface area (Å²) in [7, 11) is 1.55. The predicted octanol–water partition coefficient (Wildman–Crippen LogP) is 4.45. The van der Waals surface area contributed by atoms with Gasteiger partial charge in [-0.05, 0) is 43.2 Å². The minimum absolute atomic E-state index is 0.0226. The molecule has 10 heteroatoms. The second-order valence-corrected chi connectivity index (χ2v) is 8.82. The Kier molecular flexibility index (Phi) is 7.84. The fourth-order valence-electron chi connectivity index (χ4n) is 4.08. The molecule has 3 aromatic rings. The van der Waals surface area contributed by atoms with Crippen molar-refractivity contribution in [1.82, 2.24) is 9.88 Å². The van der Waals surface area contributed by atoms with Crippen molar-refractivity contribution in [2.75, 3.05) is 25.6 Å². The summed E-state index contributed by atoms with van der Waals surface area (Å²) in [5.74, 6) is 0.0608. The van der Waals surface area contributed by atoms with Crippen LogP contribution in [0, 0.1) is 0 Å². The van der Waals surface area contributed by atoms with Crippen LogP contribution >= 0.6 is 11.3 Å². The summed E-state index contributed by atoms with van der Waals surface area (Å²) in [5.41, 5.74) is 2.40. The van der Waals surface area contributed by atoms with Crippen LogP contribution in [0.1, 0.15) is 58.3 Å². The van der Waals surface area contributed by atoms with Crippen LogP contribution in [0.4, 0.5) is 5.13 Å². The van der Waals surface area contributed by atoms with E-state index in [0.29, 0.717) is 30.2 Å². The van der Waals surface area contributed by atoms with Gasteiger partial charge in [-0.1, -0.05) is 24.3 Å². The fourth-order valence-corrected chi connectivity index (χ4v) is 4.77. The zero-order chi connectivity index (χ0) is 25.7. The fraction of sp³-hybridized carbons (Fsp3) is 0.308. The van der Waals surface area contributed by atoms with Crippen molar-refractivity contribution in [3.63, 3.8) is 0 Å². The Morgan fingerprint density at radius 2 is 1.94 bits per heavy atom. The second kappa shape index (κ2) is 11.2. The summed E-state index contributed by atoms with van der Waals surface area (Å²) < 4.78 is 16.1. The number of thiazole rings is 1. The summed E-state index contributed by atoms with van der Waals surface area (Å²) in [4.78, 5) is 44.1. The molecule has 0 radical (unpaired) electrons. The van der Waals surface area contributed by atoms with Crippen LogP contribution in [0.5, 0.6) is 11.5 Å². The van der Waals surface area contributed by atoms with E-state index in [2.05, 4.69) is 10.3 Å². The third-order valence-electron chi connectivity index (χ3n) is 5.71. The maximum atomic E-state index is 13.3. The maximum absolute atomic E-state index is 13.3. The van der Waals surface area contributed by atoms with Crippen molar-refractivity contribution in [1.29, 1.82) is 0 Å². The van der Waals surface area contributed by atoms with Gasteiger partial charge in [-0.2, -0.15) is 0 Å². The lowest BCUT2D eigenvalue weighted by atomic mass is 10.0. The number of carbonyl (C=O) groups is 3. The minimum Gasteiger partial charge on any atom is -0.493 e. The van der Waals surface area contributed by atoms with Crippen molar-refractivity contribution >= 4 is 34.3 Å². The number of aromatic nitrogens is 1. The molecule has 0 aliphatic carbocycles. The molecule has 1 N–H and O–H groups in total. The average molecular weight is 510 g/mol. The van der Waals surface area contributed by atoms with Gasteiger partial charge in [0, 0.05) is 17.5 Å². The Morgan fingerprint density at radius 3 is 2.67 bits per heavy atom. The first-order chi connectivity index (χ1) is 17.4. The molecule has 1 unspecified atom stereocenters. The minimum atomic E-state index is -0.570. The molecule has 1 atom stereocenters. The smallest absolute Gasteiger partial charge is 0.357 e. The van der Waals surface area contributed by atoms with Gasteiger partial charge in [0.1, 0.15) is 0 Å². The first-order valence-electron chi connectivity index (χ1n) is 11.6. The van der Waals surface area contributed by atoms with Crippen LogP contribution in [-0.4, -0.2) is 48.0 Å². The van der Waals surface area contributed by atoms with Crippen molar-refractivity contribution < 1.29 is 28.6 Å². The standard InChI is InChI=1S/C26H27N3O6S/c1-4-34-21-11-10-16(12-22(21)33-3)20(29-14-17-8-6-7-9-18(17)24(29)31)13-23(30)28-26-27-19(15-36-26)25(32)35-5-2/h6-12,15,20H,4-5,13-14H2,1-3H3,(H,27,28,30). The normalized spacial score (nSPS) is 13.2. The van der Waals surface area contributed by atoms with Gasteiger partial charge in [-0.25, -0.2) is 9.78 Å². The van der Waals surface area contributed by atoms with E-state index in [9.17, 15) is 14.4 Å². The van der Waals surface area contributed by atoms with Crippen molar-refractivity contribution in [2.45, 2.75) is 32.9 Å². The molecule has 2 aromatic carbocycles. The number of esters is 1. The first kappa shape index (κ1) is 25.2. The number of amides is 2. The summed E-state index contributed by atoms with van der Waals surface area (Å²) in [6, 6.07) is 12.3. The van der Waals surface area contributed by atoms with E-state index in [1.165, 1.54) is 5.38 Å². The number of carbonyl (C=O) groups excluding carboxylic acids is 3. The van der Waals surface area contributed by atoms with Crippen LogP contribution in [-0.2, 0) is 16.1 Å². The summed E-state index contributed by atoms with van der Waals surface area (Å²) in [6.07, 6.45) is -0.0226. The molecule has 0 fully saturated rings. The Labute approximate surface area is 213 Å². The van der Waals surface area contributed by atoms with Crippen LogP contribution < -0.4 is 14.8 Å². The molecule has 36 heavy (non-hydrogen) atoms. The van der Waals surface area contributed by atoms with E-state index >= 15 is 0 Å². The second-order valence-electron chi connectivity index (χ2n) is 7.96. The Bertz CT molecular complexity index is 1270.